The molecule has 0 aromatic heterocycles. The number of hydrogen-bond donors (Lipinski definition) is 0. The molecule has 1 aromatic carbocycles. The standard InChI is InChI=1S/C11H15SSi.Li/c1-13(2,3)10-9-12-11-7-5-4-6-8-11;/h4-8,10H,1-3H3;/q-1;+1. The Balaban J connectivity index is 0.00000169. The van der Waals surface area contributed by atoms with Gasteiger partial charge in [-0.15, -0.1) is 0 Å². The van der Waals surface area contributed by atoms with Crippen LogP contribution in [0.4, 0.5) is 0 Å². The summed E-state index contributed by atoms with van der Waals surface area (Å²) in [5.41, 5.74) is 2.24. The van der Waals surface area contributed by atoms with Gasteiger partial charge in [0.2, 0.25) is 0 Å². The summed E-state index contributed by atoms with van der Waals surface area (Å²) in [6.45, 7) is 6.93. The fraction of sp³-hybridized carbons (Fsp3) is 0.273. The molecule has 0 nitrogen and oxygen atoms in total. The van der Waals surface area contributed by atoms with Crippen LogP contribution in [0.3, 0.4) is 0 Å². The maximum atomic E-state index is 3.30. The molecule has 0 unspecified atom stereocenters. The molecular formula is C11H15LiSSi. The molecule has 0 atom stereocenters. The normalized spacial score (nSPS) is 11.4. The van der Waals surface area contributed by atoms with E-state index in [1.807, 2.05) is 6.07 Å². The number of rotatable bonds is 3. The van der Waals surface area contributed by atoms with Crippen molar-refractivity contribution in [3.05, 3.63) is 41.4 Å². The first-order valence-electron chi connectivity index (χ1n) is 4.40. The fourth-order valence-corrected chi connectivity index (χ4v) is 2.84. The van der Waals surface area contributed by atoms with Crippen LogP contribution in [0.5, 0.6) is 0 Å². The minimum Gasteiger partial charge on any atom is -0.436 e. The maximum Gasteiger partial charge on any atom is 1.00 e. The quantitative estimate of drug-likeness (QED) is 0.410. The minimum absolute atomic E-state index is 0. The largest absolute Gasteiger partial charge is 1.00 e. The summed E-state index contributed by atoms with van der Waals surface area (Å²) < 4.78 is 0. The molecule has 0 aliphatic heterocycles. The van der Waals surface area contributed by atoms with Crippen molar-refractivity contribution in [2.45, 2.75) is 24.5 Å². The van der Waals surface area contributed by atoms with Gasteiger partial charge in [-0.2, -0.15) is 0 Å². The van der Waals surface area contributed by atoms with Crippen molar-refractivity contribution in [1.29, 1.82) is 0 Å². The molecule has 70 valence electrons. The molecule has 3 heteroatoms. The number of hydrogen-bond acceptors (Lipinski definition) is 1. The van der Waals surface area contributed by atoms with Crippen LogP contribution >= 0.6 is 11.8 Å². The average Bonchev–Trinajstić information content (AvgIpc) is 2.04. The third-order valence-corrected chi connectivity index (χ3v) is 3.38. The molecule has 1 aromatic rings. The summed E-state index contributed by atoms with van der Waals surface area (Å²) in [5, 5.41) is 3.30. The second-order valence-electron chi connectivity index (χ2n) is 4.04. The summed E-state index contributed by atoms with van der Waals surface area (Å²) in [6.07, 6.45) is 0. The van der Waals surface area contributed by atoms with Crippen molar-refractivity contribution in [1.82, 2.24) is 0 Å². The van der Waals surface area contributed by atoms with Gasteiger partial charge in [0.1, 0.15) is 0 Å². The van der Waals surface area contributed by atoms with E-state index in [1.54, 1.807) is 11.8 Å². The minimum atomic E-state index is -1.07. The first kappa shape index (κ1) is 14.1. The Labute approximate surface area is 104 Å². The van der Waals surface area contributed by atoms with Gasteiger partial charge in [0.15, 0.2) is 0 Å². The molecule has 0 spiro atoms. The second-order valence-corrected chi connectivity index (χ2v) is 9.98. The van der Waals surface area contributed by atoms with Crippen LogP contribution < -0.4 is 18.9 Å². The van der Waals surface area contributed by atoms with Gasteiger partial charge in [-0.3, -0.25) is 5.70 Å². The maximum absolute atomic E-state index is 3.30. The molecule has 1 rings (SSSR count). The number of thioether (sulfide) groups is 1. The van der Waals surface area contributed by atoms with Gasteiger partial charge in [0, 0.05) is 8.07 Å². The topological polar surface area (TPSA) is 0 Å². The monoisotopic (exact) mass is 214 g/mol. The van der Waals surface area contributed by atoms with Crippen molar-refractivity contribution < 1.29 is 18.9 Å². The van der Waals surface area contributed by atoms with Gasteiger partial charge < -0.3 is 17.2 Å². The molecule has 14 heavy (non-hydrogen) atoms. The fourth-order valence-electron chi connectivity index (χ4n) is 0.763. The summed E-state index contributed by atoms with van der Waals surface area (Å²) in [5.74, 6) is 0. The van der Waals surface area contributed by atoms with Crippen molar-refractivity contribution in [2.75, 3.05) is 0 Å². The summed E-state index contributed by atoms with van der Waals surface area (Å²) in [4.78, 5) is 1.26. The van der Waals surface area contributed by atoms with Crippen LogP contribution in [-0.2, 0) is 0 Å². The van der Waals surface area contributed by atoms with Crippen LogP contribution in [0, 0.1) is 5.41 Å². The van der Waals surface area contributed by atoms with Crippen LogP contribution in [0.1, 0.15) is 0 Å². The van der Waals surface area contributed by atoms with E-state index in [-0.39, 0.29) is 18.9 Å². The Morgan fingerprint density at radius 2 is 1.71 bits per heavy atom. The molecule has 0 aliphatic carbocycles. The van der Waals surface area contributed by atoms with Gasteiger partial charge in [-0.1, -0.05) is 50.0 Å². The van der Waals surface area contributed by atoms with Crippen molar-refractivity contribution in [2.24, 2.45) is 0 Å². The van der Waals surface area contributed by atoms with Crippen LogP contribution in [0.2, 0.25) is 19.6 Å². The smallest absolute Gasteiger partial charge is 0.436 e. The Bertz CT molecular complexity index is 277. The molecular weight excluding hydrogens is 199 g/mol. The van der Waals surface area contributed by atoms with Crippen molar-refractivity contribution in [3.63, 3.8) is 0 Å². The van der Waals surface area contributed by atoms with E-state index in [0.717, 1.165) is 0 Å². The molecule has 0 aliphatic rings. The zero-order chi connectivity index (χ0) is 9.73. The zero-order valence-electron chi connectivity index (χ0n) is 9.37. The molecule has 0 saturated heterocycles. The Morgan fingerprint density at radius 1 is 1.14 bits per heavy atom. The molecule has 0 bridgehead atoms. The third-order valence-electron chi connectivity index (χ3n) is 1.41. The molecule has 0 heterocycles. The van der Waals surface area contributed by atoms with Gasteiger partial charge in [0.05, 0.1) is 0 Å². The third kappa shape index (κ3) is 6.56. The Hall–Kier alpha value is 0.124. The van der Waals surface area contributed by atoms with E-state index in [0.29, 0.717) is 0 Å². The summed E-state index contributed by atoms with van der Waals surface area (Å²) in [7, 11) is -1.07. The molecule has 0 fully saturated rings. The predicted octanol–water partition coefficient (Wildman–Crippen LogP) is 0.977. The van der Waals surface area contributed by atoms with Gasteiger partial charge in [0.25, 0.3) is 0 Å². The molecule has 0 N–H and O–H groups in total. The van der Waals surface area contributed by atoms with Crippen LogP contribution in [0.25, 0.3) is 0 Å². The van der Waals surface area contributed by atoms with E-state index in [9.17, 15) is 0 Å². The molecule has 0 radical (unpaired) electrons. The van der Waals surface area contributed by atoms with E-state index in [4.69, 9.17) is 0 Å². The number of benzene rings is 1. The van der Waals surface area contributed by atoms with Crippen molar-refractivity contribution in [3.8, 4) is 0 Å². The van der Waals surface area contributed by atoms with Gasteiger partial charge in [-0.05, 0) is 4.90 Å². The van der Waals surface area contributed by atoms with Gasteiger partial charge >= 0.3 is 18.9 Å². The van der Waals surface area contributed by atoms with E-state index in [1.165, 1.54) is 4.90 Å². The van der Waals surface area contributed by atoms with Crippen molar-refractivity contribution >= 4 is 19.8 Å². The Morgan fingerprint density at radius 3 is 2.21 bits per heavy atom. The van der Waals surface area contributed by atoms with Gasteiger partial charge in [-0.25, -0.2) is 0 Å². The second kappa shape index (κ2) is 6.58. The molecule has 0 amide bonds. The SMILES string of the molecule is C[Si](C)(C)C=[C-]Sc1ccccc1.[Li+]. The molecule has 0 saturated carbocycles. The first-order valence-corrected chi connectivity index (χ1v) is 8.79. The van der Waals surface area contributed by atoms with Crippen LogP contribution in [-0.4, -0.2) is 8.07 Å². The van der Waals surface area contributed by atoms with E-state index >= 15 is 0 Å². The zero-order valence-corrected chi connectivity index (χ0v) is 11.2. The van der Waals surface area contributed by atoms with E-state index in [2.05, 4.69) is 55.0 Å². The Kier molecular flexibility index (Phi) is 6.64. The van der Waals surface area contributed by atoms with Crippen LogP contribution in [0.15, 0.2) is 40.9 Å². The average molecular weight is 214 g/mol. The van der Waals surface area contributed by atoms with E-state index < -0.39 is 8.07 Å². The summed E-state index contributed by atoms with van der Waals surface area (Å²) >= 11 is 1.68. The predicted molar refractivity (Wildman–Crippen MR) is 63.5 cm³/mol. The first-order chi connectivity index (χ1) is 6.08. The summed E-state index contributed by atoms with van der Waals surface area (Å²) in [6, 6.07) is 10.4.